The lowest BCUT2D eigenvalue weighted by Gasteiger charge is -2.47. The van der Waals surface area contributed by atoms with Gasteiger partial charge in [0.25, 0.3) is 0 Å². The van der Waals surface area contributed by atoms with E-state index in [4.69, 9.17) is 0 Å². The first-order valence-electron chi connectivity index (χ1n) is 10.7. The highest BCUT2D eigenvalue weighted by atomic mass is 16.2. The monoisotopic (exact) mass is 380 g/mol. The van der Waals surface area contributed by atoms with Gasteiger partial charge in [-0.05, 0) is 62.7 Å². The van der Waals surface area contributed by atoms with E-state index in [9.17, 15) is 4.79 Å². The van der Waals surface area contributed by atoms with Crippen LogP contribution in [0.4, 0.5) is 0 Å². The number of aryl methyl sites for hydroxylation is 1. The van der Waals surface area contributed by atoms with Gasteiger partial charge >= 0.3 is 0 Å². The first-order valence-corrected chi connectivity index (χ1v) is 10.7. The average molecular weight is 381 g/mol. The molecule has 2 saturated heterocycles. The fourth-order valence-electron chi connectivity index (χ4n) is 4.70. The smallest absolute Gasteiger partial charge is 0.222 e. The van der Waals surface area contributed by atoms with Crippen LogP contribution in [0.5, 0.6) is 0 Å². The summed E-state index contributed by atoms with van der Waals surface area (Å²) in [5, 5.41) is 4.62. The molecule has 150 valence electrons. The van der Waals surface area contributed by atoms with Crippen molar-refractivity contribution < 1.29 is 4.79 Å². The zero-order valence-corrected chi connectivity index (χ0v) is 17.0. The maximum atomic E-state index is 12.5. The van der Waals surface area contributed by atoms with Crippen LogP contribution in [0.1, 0.15) is 43.9 Å². The van der Waals surface area contributed by atoms with Gasteiger partial charge in [0.2, 0.25) is 5.91 Å². The molecule has 1 spiro atoms. The number of amides is 1. The summed E-state index contributed by atoms with van der Waals surface area (Å²) in [6.07, 6.45) is 7.18. The topological polar surface area (TPSA) is 41.4 Å². The van der Waals surface area contributed by atoms with Gasteiger partial charge in [-0.25, -0.2) is 0 Å². The molecular weight excluding hydrogens is 348 g/mol. The van der Waals surface area contributed by atoms with E-state index in [0.717, 1.165) is 58.5 Å². The third-order valence-electron chi connectivity index (χ3n) is 6.58. The van der Waals surface area contributed by atoms with E-state index in [1.54, 1.807) is 0 Å². The van der Waals surface area contributed by atoms with Crippen molar-refractivity contribution in [1.29, 1.82) is 0 Å². The zero-order valence-electron chi connectivity index (χ0n) is 17.0. The maximum absolute atomic E-state index is 12.5. The van der Waals surface area contributed by atoms with Crippen LogP contribution in [0.25, 0.3) is 0 Å². The first-order chi connectivity index (χ1) is 13.7. The van der Waals surface area contributed by atoms with E-state index < -0.39 is 0 Å². The van der Waals surface area contributed by atoms with Crippen molar-refractivity contribution in [2.75, 3.05) is 26.2 Å². The van der Waals surface area contributed by atoms with Gasteiger partial charge in [-0.1, -0.05) is 30.3 Å². The fraction of sp³-hybridized carbons (Fsp3) is 0.565. The molecule has 1 aromatic carbocycles. The van der Waals surface area contributed by atoms with E-state index in [1.165, 1.54) is 24.1 Å². The number of nitrogens with zero attached hydrogens (tertiary/aromatic N) is 4. The molecule has 0 aliphatic carbocycles. The van der Waals surface area contributed by atoms with Crippen LogP contribution >= 0.6 is 0 Å². The lowest BCUT2D eigenvalue weighted by Crippen LogP contribution is -2.51. The van der Waals surface area contributed by atoms with Crippen LogP contribution in [0.3, 0.4) is 0 Å². The standard InChI is InChI=1S/C23H32N4O/c1-2-27-15-10-21(24-27)18-25-16-12-23(13-17-25)11-8-22(28)26(19-23)14-9-20-6-4-3-5-7-20/h3-7,10,15H,2,8-9,11-14,16-19H2,1H3. The van der Waals surface area contributed by atoms with Crippen molar-refractivity contribution in [1.82, 2.24) is 19.6 Å². The van der Waals surface area contributed by atoms with Crippen molar-refractivity contribution in [2.45, 2.75) is 52.1 Å². The van der Waals surface area contributed by atoms with Gasteiger partial charge < -0.3 is 4.90 Å². The number of hydrogen-bond donors (Lipinski definition) is 0. The van der Waals surface area contributed by atoms with Gasteiger partial charge in [0.1, 0.15) is 0 Å². The Morgan fingerprint density at radius 3 is 2.57 bits per heavy atom. The second kappa shape index (κ2) is 8.48. The van der Waals surface area contributed by atoms with E-state index in [0.29, 0.717) is 11.3 Å². The molecule has 1 aromatic heterocycles. The number of hydrogen-bond acceptors (Lipinski definition) is 3. The minimum atomic E-state index is 0.323. The van der Waals surface area contributed by atoms with Gasteiger partial charge in [-0.3, -0.25) is 14.4 Å². The van der Waals surface area contributed by atoms with Crippen LogP contribution in [0.2, 0.25) is 0 Å². The summed E-state index contributed by atoms with van der Waals surface area (Å²) in [5.74, 6) is 0.342. The summed E-state index contributed by atoms with van der Waals surface area (Å²) in [4.78, 5) is 17.1. The summed E-state index contributed by atoms with van der Waals surface area (Å²) in [5.41, 5.74) is 2.81. The Balaban J connectivity index is 1.30. The zero-order chi connectivity index (χ0) is 19.4. The molecule has 5 heteroatoms. The number of carbonyl (C=O) groups excluding carboxylic acids is 1. The molecule has 0 atom stereocenters. The van der Waals surface area contributed by atoms with Crippen LogP contribution in [0, 0.1) is 5.41 Å². The Hall–Kier alpha value is -2.14. The molecule has 2 fully saturated rings. The number of rotatable bonds is 6. The predicted octanol–water partition coefficient (Wildman–Crippen LogP) is 3.35. The largest absolute Gasteiger partial charge is 0.342 e. The second-order valence-corrected chi connectivity index (χ2v) is 8.49. The van der Waals surface area contributed by atoms with Gasteiger partial charge in [-0.15, -0.1) is 0 Å². The molecule has 4 rings (SSSR count). The molecule has 3 heterocycles. The van der Waals surface area contributed by atoms with Gasteiger partial charge in [0.15, 0.2) is 0 Å². The summed E-state index contributed by atoms with van der Waals surface area (Å²) in [6, 6.07) is 12.6. The Bertz CT molecular complexity index is 777. The number of piperidine rings is 2. The minimum absolute atomic E-state index is 0.323. The number of aromatic nitrogens is 2. The number of likely N-dealkylation sites (tertiary alicyclic amines) is 2. The quantitative estimate of drug-likeness (QED) is 0.772. The molecule has 0 radical (unpaired) electrons. The summed E-state index contributed by atoms with van der Waals surface area (Å²) >= 11 is 0. The van der Waals surface area contributed by atoms with Gasteiger partial charge in [0.05, 0.1) is 5.69 Å². The highest BCUT2D eigenvalue weighted by molar-refractivity contribution is 5.77. The number of carbonyl (C=O) groups is 1. The summed E-state index contributed by atoms with van der Waals surface area (Å²) in [6.45, 7) is 8.00. The van der Waals surface area contributed by atoms with Crippen LogP contribution in [-0.4, -0.2) is 51.7 Å². The van der Waals surface area contributed by atoms with E-state index >= 15 is 0 Å². The lowest BCUT2D eigenvalue weighted by molar-refractivity contribution is -0.139. The molecular formula is C23H32N4O. The minimum Gasteiger partial charge on any atom is -0.342 e. The van der Waals surface area contributed by atoms with Crippen molar-refractivity contribution in [3.05, 3.63) is 53.9 Å². The third kappa shape index (κ3) is 4.46. The highest BCUT2D eigenvalue weighted by Gasteiger charge is 2.40. The van der Waals surface area contributed by atoms with Crippen molar-refractivity contribution in [2.24, 2.45) is 5.41 Å². The molecule has 0 bridgehead atoms. The molecule has 0 N–H and O–H groups in total. The average Bonchev–Trinajstić information content (AvgIpc) is 3.19. The molecule has 2 aliphatic rings. The maximum Gasteiger partial charge on any atom is 0.222 e. The Morgan fingerprint density at radius 1 is 1.07 bits per heavy atom. The molecule has 0 saturated carbocycles. The van der Waals surface area contributed by atoms with Crippen LogP contribution in [0.15, 0.2) is 42.6 Å². The van der Waals surface area contributed by atoms with Crippen LogP contribution in [-0.2, 0) is 24.3 Å². The third-order valence-corrected chi connectivity index (χ3v) is 6.58. The van der Waals surface area contributed by atoms with E-state index in [2.05, 4.69) is 58.4 Å². The number of benzene rings is 1. The summed E-state index contributed by atoms with van der Waals surface area (Å²) < 4.78 is 2.00. The lowest BCUT2D eigenvalue weighted by atomic mass is 9.72. The van der Waals surface area contributed by atoms with Crippen molar-refractivity contribution in [3.8, 4) is 0 Å². The molecule has 0 unspecified atom stereocenters. The molecule has 1 amide bonds. The molecule has 28 heavy (non-hydrogen) atoms. The molecule has 2 aliphatic heterocycles. The Morgan fingerprint density at radius 2 is 1.86 bits per heavy atom. The Labute approximate surface area is 168 Å². The Kier molecular flexibility index (Phi) is 5.81. The molecule has 2 aromatic rings. The van der Waals surface area contributed by atoms with Crippen molar-refractivity contribution in [3.63, 3.8) is 0 Å². The van der Waals surface area contributed by atoms with E-state index in [-0.39, 0.29) is 0 Å². The van der Waals surface area contributed by atoms with Crippen molar-refractivity contribution >= 4 is 5.91 Å². The SMILES string of the molecule is CCn1ccc(CN2CCC3(CCC(=O)N(CCc4ccccc4)C3)CC2)n1. The predicted molar refractivity (Wildman–Crippen MR) is 111 cm³/mol. The van der Waals surface area contributed by atoms with Crippen LogP contribution < -0.4 is 0 Å². The first kappa shape index (κ1) is 19.2. The highest BCUT2D eigenvalue weighted by Crippen LogP contribution is 2.40. The fourth-order valence-corrected chi connectivity index (χ4v) is 4.70. The van der Waals surface area contributed by atoms with E-state index in [1.807, 2.05) is 10.7 Å². The van der Waals surface area contributed by atoms with Gasteiger partial charge in [-0.2, -0.15) is 5.10 Å². The second-order valence-electron chi connectivity index (χ2n) is 8.49. The van der Waals surface area contributed by atoms with Gasteiger partial charge in [0, 0.05) is 38.8 Å². The normalized spacial score (nSPS) is 20.0. The summed E-state index contributed by atoms with van der Waals surface area (Å²) in [7, 11) is 0. The molecule has 5 nitrogen and oxygen atoms in total.